The van der Waals surface area contributed by atoms with Crippen LogP contribution in [-0.2, 0) is 6.54 Å². The monoisotopic (exact) mass is 433 g/mol. The summed E-state index contributed by atoms with van der Waals surface area (Å²) in [5.41, 5.74) is 4.67. The van der Waals surface area contributed by atoms with Crippen LogP contribution < -0.4 is 10.2 Å². The van der Waals surface area contributed by atoms with E-state index in [0.717, 1.165) is 29.9 Å². The number of rotatable bonds is 3. The predicted octanol–water partition coefficient (Wildman–Crippen LogP) is 4.99. The van der Waals surface area contributed by atoms with Crippen LogP contribution >= 0.6 is 11.6 Å². The first-order chi connectivity index (χ1) is 14.9. The highest BCUT2D eigenvalue weighted by Crippen LogP contribution is 2.29. The van der Waals surface area contributed by atoms with E-state index in [-0.39, 0.29) is 11.8 Å². The summed E-state index contributed by atoms with van der Waals surface area (Å²) in [6.07, 6.45) is 0. The lowest BCUT2D eigenvalue weighted by molar-refractivity contribution is 0.0984. The Labute approximate surface area is 187 Å². The van der Waals surface area contributed by atoms with Crippen molar-refractivity contribution in [2.24, 2.45) is 0 Å². The van der Waals surface area contributed by atoms with Crippen molar-refractivity contribution in [2.75, 3.05) is 30.4 Å². The van der Waals surface area contributed by atoms with Crippen molar-refractivity contribution in [3.05, 3.63) is 94.0 Å². The number of carbonyl (C=O) groups excluding carboxylic acids is 2. The average molecular weight is 434 g/mol. The molecule has 0 spiro atoms. The van der Waals surface area contributed by atoms with Gasteiger partial charge in [-0.25, -0.2) is 0 Å². The molecule has 0 atom stereocenters. The smallest absolute Gasteiger partial charge is 0.258 e. The third-order valence-corrected chi connectivity index (χ3v) is 5.74. The molecule has 158 valence electrons. The van der Waals surface area contributed by atoms with Gasteiger partial charge in [-0.1, -0.05) is 29.8 Å². The van der Waals surface area contributed by atoms with Crippen LogP contribution in [0.15, 0.2) is 66.7 Å². The second-order valence-electron chi connectivity index (χ2n) is 7.81. The van der Waals surface area contributed by atoms with Gasteiger partial charge < -0.3 is 15.1 Å². The number of benzene rings is 3. The fraction of sp³-hybridized carbons (Fsp3) is 0.200. The van der Waals surface area contributed by atoms with E-state index in [0.29, 0.717) is 28.4 Å². The van der Waals surface area contributed by atoms with Crippen LogP contribution in [0.3, 0.4) is 0 Å². The van der Waals surface area contributed by atoms with Gasteiger partial charge in [-0.05, 0) is 73.6 Å². The van der Waals surface area contributed by atoms with Crippen molar-refractivity contribution >= 4 is 34.8 Å². The van der Waals surface area contributed by atoms with Gasteiger partial charge in [-0.3, -0.25) is 9.59 Å². The zero-order chi connectivity index (χ0) is 22.0. The number of hydrogen-bond acceptors (Lipinski definition) is 3. The molecule has 0 aromatic heterocycles. The van der Waals surface area contributed by atoms with Gasteiger partial charge in [0.25, 0.3) is 11.8 Å². The van der Waals surface area contributed by atoms with Gasteiger partial charge >= 0.3 is 0 Å². The zero-order valence-electron chi connectivity index (χ0n) is 17.6. The average Bonchev–Trinajstić information content (AvgIpc) is 2.91. The van der Waals surface area contributed by atoms with Crippen molar-refractivity contribution < 1.29 is 9.59 Å². The molecule has 3 aromatic carbocycles. The summed E-state index contributed by atoms with van der Waals surface area (Å²) in [6.45, 7) is 4.00. The lowest BCUT2D eigenvalue weighted by Crippen LogP contribution is -2.35. The summed E-state index contributed by atoms with van der Waals surface area (Å²) in [6, 6.07) is 20.1. The normalized spacial score (nSPS) is 14.0. The van der Waals surface area contributed by atoms with Crippen LogP contribution in [0.25, 0.3) is 0 Å². The maximum atomic E-state index is 13.3. The third-order valence-electron chi connectivity index (χ3n) is 5.50. The lowest BCUT2D eigenvalue weighted by Gasteiger charge is -2.23. The number of fused-ring (bicyclic) bond motifs is 1. The maximum Gasteiger partial charge on any atom is 0.258 e. The van der Waals surface area contributed by atoms with Crippen molar-refractivity contribution in [1.29, 1.82) is 0 Å². The van der Waals surface area contributed by atoms with Crippen molar-refractivity contribution in [3.8, 4) is 0 Å². The summed E-state index contributed by atoms with van der Waals surface area (Å²) in [5.74, 6) is -0.241. The van der Waals surface area contributed by atoms with Gasteiger partial charge in [-0.2, -0.15) is 0 Å². The number of anilines is 2. The van der Waals surface area contributed by atoms with Gasteiger partial charge in [0.1, 0.15) is 0 Å². The van der Waals surface area contributed by atoms with Crippen LogP contribution in [0.5, 0.6) is 0 Å². The number of halogens is 1. The molecule has 0 fully saturated rings. The molecular formula is C25H24ClN3O2. The van der Waals surface area contributed by atoms with E-state index >= 15 is 0 Å². The quantitative estimate of drug-likeness (QED) is 0.632. The molecule has 5 nitrogen and oxygen atoms in total. The second kappa shape index (κ2) is 8.92. The first kappa shape index (κ1) is 21.1. The fourth-order valence-electron chi connectivity index (χ4n) is 3.79. The number of nitrogens with one attached hydrogen (secondary N) is 1. The number of hydrogen-bond donors (Lipinski definition) is 1. The van der Waals surface area contributed by atoms with Gasteiger partial charge in [-0.15, -0.1) is 0 Å². The lowest BCUT2D eigenvalue weighted by atomic mass is 10.1. The van der Waals surface area contributed by atoms with E-state index in [1.807, 2.05) is 50.4 Å². The Kier molecular flexibility index (Phi) is 6.07. The van der Waals surface area contributed by atoms with Crippen LogP contribution in [0.4, 0.5) is 11.4 Å². The highest BCUT2D eigenvalue weighted by Gasteiger charge is 2.24. The van der Waals surface area contributed by atoms with Gasteiger partial charge in [0, 0.05) is 47.2 Å². The molecule has 6 heteroatoms. The molecule has 31 heavy (non-hydrogen) atoms. The van der Waals surface area contributed by atoms with Crippen molar-refractivity contribution in [2.45, 2.75) is 13.5 Å². The molecular weight excluding hydrogens is 410 g/mol. The number of amides is 2. The summed E-state index contributed by atoms with van der Waals surface area (Å²) >= 11 is 6.18. The molecule has 0 unspecified atom stereocenters. The topological polar surface area (TPSA) is 52.7 Å². The minimum Gasteiger partial charge on any atom is -0.322 e. The van der Waals surface area contributed by atoms with Crippen molar-refractivity contribution in [3.63, 3.8) is 0 Å². The first-order valence-electron chi connectivity index (χ1n) is 10.2. The Bertz CT molecular complexity index is 1130. The molecule has 1 aliphatic heterocycles. The molecule has 1 N–H and O–H groups in total. The third kappa shape index (κ3) is 4.63. The molecule has 0 bridgehead atoms. The predicted molar refractivity (Wildman–Crippen MR) is 125 cm³/mol. The van der Waals surface area contributed by atoms with Crippen LogP contribution in [0.2, 0.25) is 5.02 Å². The fourth-order valence-corrected chi connectivity index (χ4v) is 3.99. The number of likely N-dealkylation sites (N-methyl/N-ethyl adjacent to an activating group) is 1. The van der Waals surface area contributed by atoms with Gasteiger partial charge in [0.05, 0.1) is 0 Å². The van der Waals surface area contributed by atoms with Crippen LogP contribution in [0, 0.1) is 6.92 Å². The molecule has 1 heterocycles. The van der Waals surface area contributed by atoms with E-state index in [1.165, 1.54) is 0 Å². The minimum atomic E-state index is -0.168. The molecule has 0 radical (unpaired) electrons. The molecule has 1 aliphatic rings. The molecule has 0 saturated carbocycles. The second-order valence-corrected chi connectivity index (χ2v) is 8.25. The first-order valence-corrected chi connectivity index (χ1v) is 10.6. The van der Waals surface area contributed by atoms with E-state index in [4.69, 9.17) is 11.6 Å². The molecule has 4 rings (SSSR count). The van der Waals surface area contributed by atoms with Crippen LogP contribution in [-0.4, -0.2) is 36.9 Å². The number of carbonyl (C=O) groups is 2. The molecule has 0 saturated heterocycles. The highest BCUT2D eigenvalue weighted by atomic mass is 35.5. The summed E-state index contributed by atoms with van der Waals surface area (Å²) in [7, 11) is 2.03. The van der Waals surface area contributed by atoms with Crippen LogP contribution in [0.1, 0.15) is 31.8 Å². The molecule has 2 amide bonds. The summed E-state index contributed by atoms with van der Waals surface area (Å²) in [5, 5.41) is 3.56. The van der Waals surface area contributed by atoms with E-state index in [2.05, 4.69) is 10.2 Å². The molecule has 3 aromatic rings. The Hall–Kier alpha value is -3.15. The van der Waals surface area contributed by atoms with Gasteiger partial charge in [0.2, 0.25) is 0 Å². The van der Waals surface area contributed by atoms with E-state index in [1.54, 1.807) is 35.2 Å². The highest BCUT2D eigenvalue weighted by molar-refractivity contribution is 6.30. The minimum absolute atomic E-state index is 0.0735. The van der Waals surface area contributed by atoms with E-state index < -0.39 is 0 Å². The number of aryl methyl sites for hydroxylation is 1. The largest absolute Gasteiger partial charge is 0.322 e. The number of nitrogens with zero attached hydrogens (tertiary/aromatic N) is 2. The Morgan fingerprint density at radius 2 is 1.71 bits per heavy atom. The SMILES string of the molecule is Cc1ccccc1C(=O)Nc1ccc(C(=O)N2CCN(C)Cc3cc(Cl)ccc32)cc1. The Balaban J connectivity index is 1.54. The summed E-state index contributed by atoms with van der Waals surface area (Å²) in [4.78, 5) is 29.8. The maximum absolute atomic E-state index is 13.3. The van der Waals surface area contributed by atoms with Crippen molar-refractivity contribution in [1.82, 2.24) is 4.90 Å². The Morgan fingerprint density at radius 1 is 0.968 bits per heavy atom. The molecule has 0 aliphatic carbocycles. The Morgan fingerprint density at radius 3 is 2.45 bits per heavy atom. The standard InChI is InChI=1S/C25H24ClN3O2/c1-17-5-3-4-6-22(17)24(30)27-21-10-7-18(8-11-21)25(31)29-14-13-28(2)16-19-15-20(26)9-12-23(19)29/h3-12,15H,13-14,16H2,1-2H3,(H,27,30). The summed E-state index contributed by atoms with van der Waals surface area (Å²) < 4.78 is 0. The van der Waals surface area contributed by atoms with E-state index in [9.17, 15) is 9.59 Å². The zero-order valence-corrected chi connectivity index (χ0v) is 18.3. The van der Waals surface area contributed by atoms with Gasteiger partial charge in [0.15, 0.2) is 0 Å².